The number of hydrogen-bond donors (Lipinski definition) is 1. The SMILES string of the molecule is COC(=O)c1ccc(F)cc1S(=O)(=O)NC(C)CN(C)C. The van der Waals surface area contributed by atoms with Crippen LogP contribution >= 0.6 is 0 Å². The molecule has 0 aliphatic heterocycles. The molecule has 1 N–H and O–H groups in total. The molecular weight excluding hydrogens is 299 g/mol. The van der Waals surface area contributed by atoms with Gasteiger partial charge in [-0.05, 0) is 39.2 Å². The summed E-state index contributed by atoms with van der Waals surface area (Å²) in [6.07, 6.45) is 0. The van der Waals surface area contributed by atoms with E-state index in [9.17, 15) is 17.6 Å². The van der Waals surface area contributed by atoms with E-state index in [2.05, 4.69) is 9.46 Å². The number of nitrogens with zero attached hydrogens (tertiary/aromatic N) is 1. The molecular formula is C13H19FN2O4S. The van der Waals surface area contributed by atoms with Gasteiger partial charge in [0.15, 0.2) is 0 Å². The zero-order valence-electron chi connectivity index (χ0n) is 12.4. The van der Waals surface area contributed by atoms with Crippen molar-refractivity contribution in [1.82, 2.24) is 9.62 Å². The molecule has 1 unspecified atom stereocenters. The smallest absolute Gasteiger partial charge is 0.339 e. The molecule has 1 aromatic carbocycles. The Morgan fingerprint density at radius 2 is 2.05 bits per heavy atom. The number of methoxy groups -OCH3 is 1. The Morgan fingerprint density at radius 3 is 2.57 bits per heavy atom. The minimum Gasteiger partial charge on any atom is -0.465 e. The molecule has 0 aliphatic rings. The number of carbonyl (C=O) groups excluding carboxylic acids is 1. The summed E-state index contributed by atoms with van der Waals surface area (Å²) in [5.74, 6) is -1.58. The summed E-state index contributed by atoms with van der Waals surface area (Å²) in [6.45, 7) is 2.14. The van der Waals surface area contributed by atoms with Crippen LogP contribution in [0.25, 0.3) is 0 Å². The number of halogens is 1. The normalized spacial score (nSPS) is 13.2. The fourth-order valence-electron chi connectivity index (χ4n) is 1.91. The van der Waals surface area contributed by atoms with Gasteiger partial charge in [0.2, 0.25) is 10.0 Å². The molecule has 0 saturated carbocycles. The fraction of sp³-hybridized carbons (Fsp3) is 0.462. The van der Waals surface area contributed by atoms with Crippen molar-refractivity contribution in [3.63, 3.8) is 0 Å². The molecule has 1 aromatic rings. The Hall–Kier alpha value is -1.51. The Morgan fingerprint density at radius 1 is 1.43 bits per heavy atom. The summed E-state index contributed by atoms with van der Waals surface area (Å²) in [7, 11) is 0.695. The van der Waals surface area contributed by atoms with Gasteiger partial charge in [0, 0.05) is 12.6 Å². The molecule has 0 aliphatic carbocycles. The third kappa shape index (κ3) is 4.76. The topological polar surface area (TPSA) is 75.7 Å². The quantitative estimate of drug-likeness (QED) is 0.787. The van der Waals surface area contributed by atoms with Gasteiger partial charge in [-0.1, -0.05) is 0 Å². The fourth-order valence-corrected chi connectivity index (χ4v) is 3.35. The number of hydrogen-bond acceptors (Lipinski definition) is 5. The van der Waals surface area contributed by atoms with Crippen LogP contribution < -0.4 is 4.72 Å². The molecule has 0 radical (unpaired) electrons. The monoisotopic (exact) mass is 318 g/mol. The van der Waals surface area contributed by atoms with Crippen molar-refractivity contribution in [2.24, 2.45) is 0 Å². The van der Waals surface area contributed by atoms with Crippen LogP contribution in [0, 0.1) is 5.82 Å². The van der Waals surface area contributed by atoms with E-state index in [1.54, 1.807) is 25.9 Å². The van der Waals surface area contributed by atoms with E-state index in [1.165, 1.54) is 0 Å². The van der Waals surface area contributed by atoms with Gasteiger partial charge in [0.1, 0.15) is 5.82 Å². The lowest BCUT2D eigenvalue weighted by molar-refractivity contribution is 0.0596. The minimum absolute atomic E-state index is 0.205. The average molecular weight is 318 g/mol. The lowest BCUT2D eigenvalue weighted by Crippen LogP contribution is -2.40. The molecule has 118 valence electrons. The van der Waals surface area contributed by atoms with Gasteiger partial charge in [0.05, 0.1) is 17.6 Å². The molecule has 0 fully saturated rings. The predicted octanol–water partition coefficient (Wildman–Crippen LogP) is 0.841. The average Bonchev–Trinajstić information content (AvgIpc) is 2.36. The molecule has 21 heavy (non-hydrogen) atoms. The summed E-state index contributed by atoms with van der Waals surface area (Å²) in [6, 6.07) is 2.50. The van der Waals surface area contributed by atoms with Gasteiger partial charge >= 0.3 is 5.97 Å². The first-order valence-electron chi connectivity index (χ1n) is 6.22. The van der Waals surface area contributed by atoms with E-state index in [-0.39, 0.29) is 5.56 Å². The number of ether oxygens (including phenoxy) is 1. The number of benzene rings is 1. The Bertz CT molecular complexity index is 617. The molecule has 0 heterocycles. The highest BCUT2D eigenvalue weighted by Crippen LogP contribution is 2.18. The van der Waals surface area contributed by atoms with Crippen molar-refractivity contribution < 1.29 is 22.3 Å². The summed E-state index contributed by atoms with van der Waals surface area (Å²) in [4.78, 5) is 13.0. The maximum absolute atomic E-state index is 13.3. The number of likely N-dealkylation sites (N-methyl/N-ethyl adjacent to an activating group) is 1. The van der Waals surface area contributed by atoms with Crippen molar-refractivity contribution in [3.8, 4) is 0 Å². The van der Waals surface area contributed by atoms with Gasteiger partial charge < -0.3 is 9.64 Å². The van der Waals surface area contributed by atoms with Crippen molar-refractivity contribution in [1.29, 1.82) is 0 Å². The molecule has 0 spiro atoms. The largest absolute Gasteiger partial charge is 0.465 e. The Kier molecular flexibility index (Phi) is 5.82. The van der Waals surface area contributed by atoms with Crippen LogP contribution in [-0.4, -0.2) is 53.1 Å². The predicted molar refractivity (Wildman–Crippen MR) is 76.1 cm³/mol. The Labute approximate surface area is 123 Å². The van der Waals surface area contributed by atoms with E-state index in [1.807, 2.05) is 0 Å². The number of rotatable bonds is 6. The van der Waals surface area contributed by atoms with Gasteiger partial charge in [-0.3, -0.25) is 0 Å². The van der Waals surface area contributed by atoms with Crippen molar-refractivity contribution >= 4 is 16.0 Å². The molecule has 6 nitrogen and oxygen atoms in total. The molecule has 0 bridgehead atoms. The Balaban J connectivity index is 3.18. The van der Waals surface area contributed by atoms with E-state index in [0.29, 0.717) is 6.54 Å². The van der Waals surface area contributed by atoms with Crippen molar-refractivity contribution in [2.75, 3.05) is 27.7 Å². The van der Waals surface area contributed by atoms with E-state index in [0.717, 1.165) is 25.3 Å². The molecule has 0 aromatic heterocycles. The van der Waals surface area contributed by atoms with E-state index in [4.69, 9.17) is 0 Å². The first kappa shape index (κ1) is 17.5. The second kappa shape index (κ2) is 6.97. The first-order chi connectivity index (χ1) is 9.67. The minimum atomic E-state index is -4.03. The highest BCUT2D eigenvalue weighted by Gasteiger charge is 2.25. The van der Waals surface area contributed by atoms with Crippen molar-refractivity contribution in [2.45, 2.75) is 17.9 Å². The lowest BCUT2D eigenvalue weighted by Gasteiger charge is -2.19. The molecule has 0 saturated heterocycles. The van der Waals surface area contributed by atoms with Gasteiger partial charge in [-0.15, -0.1) is 0 Å². The summed E-state index contributed by atoms with van der Waals surface area (Å²) >= 11 is 0. The second-order valence-corrected chi connectivity index (χ2v) is 6.60. The van der Waals surface area contributed by atoms with Crippen LogP contribution in [0.15, 0.2) is 23.1 Å². The van der Waals surface area contributed by atoms with Crippen LogP contribution in [-0.2, 0) is 14.8 Å². The summed E-state index contributed by atoms with van der Waals surface area (Å²) in [5, 5.41) is 0. The maximum atomic E-state index is 13.3. The highest BCUT2D eigenvalue weighted by molar-refractivity contribution is 7.89. The molecule has 1 atom stereocenters. The number of esters is 1. The standard InChI is InChI=1S/C13H19FN2O4S/c1-9(8-16(2)3)15-21(18,19)12-7-10(14)5-6-11(12)13(17)20-4/h5-7,9,15H,8H2,1-4H3. The molecule has 8 heteroatoms. The van der Waals surface area contributed by atoms with E-state index < -0.39 is 32.7 Å². The molecule has 0 amide bonds. The summed E-state index contributed by atoms with van der Waals surface area (Å²) < 4.78 is 44.9. The van der Waals surface area contributed by atoms with Crippen LogP contribution in [0.2, 0.25) is 0 Å². The van der Waals surface area contributed by atoms with Crippen LogP contribution in [0.3, 0.4) is 0 Å². The van der Waals surface area contributed by atoms with Crippen molar-refractivity contribution in [3.05, 3.63) is 29.6 Å². The number of nitrogens with one attached hydrogen (secondary N) is 1. The van der Waals surface area contributed by atoms with Crippen LogP contribution in [0.1, 0.15) is 17.3 Å². The van der Waals surface area contributed by atoms with E-state index >= 15 is 0 Å². The summed E-state index contributed by atoms with van der Waals surface area (Å²) in [5.41, 5.74) is -0.205. The maximum Gasteiger partial charge on any atom is 0.339 e. The lowest BCUT2D eigenvalue weighted by atomic mass is 10.2. The molecule has 1 rings (SSSR count). The van der Waals surface area contributed by atoms with Crippen LogP contribution in [0.4, 0.5) is 4.39 Å². The number of sulfonamides is 1. The highest BCUT2D eigenvalue weighted by atomic mass is 32.2. The zero-order chi connectivity index (χ0) is 16.2. The third-order valence-corrected chi connectivity index (χ3v) is 4.26. The second-order valence-electron chi connectivity index (χ2n) is 4.92. The third-order valence-electron chi connectivity index (χ3n) is 2.63. The van der Waals surface area contributed by atoms with Gasteiger partial charge in [-0.25, -0.2) is 22.3 Å². The van der Waals surface area contributed by atoms with Gasteiger partial charge in [0.25, 0.3) is 0 Å². The number of carbonyl (C=O) groups is 1. The van der Waals surface area contributed by atoms with Crippen LogP contribution in [0.5, 0.6) is 0 Å². The first-order valence-corrected chi connectivity index (χ1v) is 7.70. The zero-order valence-corrected chi connectivity index (χ0v) is 13.2. The van der Waals surface area contributed by atoms with Gasteiger partial charge in [-0.2, -0.15) is 0 Å².